The van der Waals surface area contributed by atoms with E-state index in [9.17, 15) is 9.59 Å². The van der Waals surface area contributed by atoms with Crippen LogP contribution in [0.3, 0.4) is 0 Å². The smallest absolute Gasteiger partial charge is 0.338 e. The normalized spacial score (nSPS) is 10.7. The van der Waals surface area contributed by atoms with Crippen LogP contribution in [0.4, 0.5) is 5.69 Å². The second-order valence-corrected chi connectivity index (χ2v) is 7.15. The summed E-state index contributed by atoms with van der Waals surface area (Å²) in [6, 6.07) is 6.69. The molecule has 27 heavy (non-hydrogen) atoms. The van der Waals surface area contributed by atoms with Gasteiger partial charge in [-0.3, -0.25) is 4.79 Å². The number of esters is 1. The van der Waals surface area contributed by atoms with E-state index in [2.05, 4.69) is 28.7 Å². The van der Waals surface area contributed by atoms with Crippen molar-refractivity contribution < 1.29 is 14.3 Å². The zero-order chi connectivity index (χ0) is 19.8. The number of benzene rings is 1. The zero-order valence-corrected chi connectivity index (χ0v) is 17.2. The lowest BCUT2D eigenvalue weighted by molar-refractivity contribution is -0.113. The molecule has 2 rings (SSSR count). The van der Waals surface area contributed by atoms with E-state index in [1.807, 2.05) is 6.92 Å². The Kier molecular flexibility index (Phi) is 7.91. The molecule has 0 unspecified atom stereocenters. The van der Waals surface area contributed by atoms with Gasteiger partial charge in [-0.1, -0.05) is 25.1 Å². The number of anilines is 1. The van der Waals surface area contributed by atoms with Crippen molar-refractivity contribution in [3.05, 3.63) is 41.2 Å². The maximum Gasteiger partial charge on any atom is 0.338 e. The minimum absolute atomic E-state index is 0.107. The van der Waals surface area contributed by atoms with Crippen LogP contribution in [0.5, 0.6) is 0 Å². The van der Waals surface area contributed by atoms with E-state index in [4.69, 9.17) is 4.74 Å². The fourth-order valence-electron chi connectivity index (χ4n) is 2.54. The van der Waals surface area contributed by atoms with Crippen molar-refractivity contribution in [1.29, 1.82) is 0 Å². The molecule has 1 heterocycles. The molecule has 0 fully saturated rings. The van der Waals surface area contributed by atoms with Gasteiger partial charge in [-0.05, 0) is 51.5 Å². The maximum atomic E-state index is 12.3. The Labute approximate surface area is 164 Å². The summed E-state index contributed by atoms with van der Waals surface area (Å²) in [6.45, 7) is 9.23. The minimum Gasteiger partial charge on any atom is -0.462 e. The number of aryl methyl sites for hydroxylation is 1. The Morgan fingerprint density at radius 3 is 2.52 bits per heavy atom. The number of imidazole rings is 1. The number of unbranched alkanes of at least 4 members (excludes halogenated alkanes) is 1. The van der Waals surface area contributed by atoms with Gasteiger partial charge in [0.2, 0.25) is 5.91 Å². The van der Waals surface area contributed by atoms with E-state index < -0.39 is 0 Å². The molecule has 0 aliphatic rings. The van der Waals surface area contributed by atoms with E-state index in [1.54, 1.807) is 31.2 Å². The van der Waals surface area contributed by atoms with Gasteiger partial charge in [0, 0.05) is 17.9 Å². The molecule has 0 bridgehead atoms. The molecular formula is C20H27N3O3S. The highest BCUT2D eigenvalue weighted by atomic mass is 32.2. The quantitative estimate of drug-likeness (QED) is 0.514. The highest BCUT2D eigenvalue weighted by Crippen LogP contribution is 2.22. The number of carbonyl (C=O) groups excluding carboxylic acids is 2. The third-order valence-corrected chi connectivity index (χ3v) is 5.15. The third kappa shape index (κ3) is 5.85. The van der Waals surface area contributed by atoms with Gasteiger partial charge in [-0.2, -0.15) is 0 Å². The van der Waals surface area contributed by atoms with Gasteiger partial charge < -0.3 is 14.6 Å². The molecule has 146 valence electrons. The van der Waals surface area contributed by atoms with Gasteiger partial charge in [0.1, 0.15) is 0 Å². The maximum absolute atomic E-state index is 12.3. The molecule has 1 aromatic carbocycles. The van der Waals surface area contributed by atoms with Crippen LogP contribution >= 0.6 is 11.8 Å². The number of nitrogens with zero attached hydrogens (tertiary/aromatic N) is 2. The van der Waals surface area contributed by atoms with E-state index >= 15 is 0 Å². The molecule has 6 nitrogen and oxygen atoms in total. The average Bonchev–Trinajstić information content (AvgIpc) is 2.92. The number of thioether (sulfide) groups is 1. The van der Waals surface area contributed by atoms with E-state index in [1.165, 1.54) is 11.8 Å². The van der Waals surface area contributed by atoms with Crippen molar-refractivity contribution in [3.8, 4) is 0 Å². The topological polar surface area (TPSA) is 73.2 Å². The lowest BCUT2D eigenvalue weighted by Gasteiger charge is -2.09. The van der Waals surface area contributed by atoms with Crippen molar-refractivity contribution in [2.24, 2.45) is 0 Å². The number of nitrogens with one attached hydrogen (secondary N) is 1. The molecule has 0 saturated carbocycles. The van der Waals surface area contributed by atoms with Gasteiger partial charge in [0.05, 0.1) is 23.6 Å². The highest BCUT2D eigenvalue weighted by Gasteiger charge is 2.13. The molecule has 1 amide bonds. The van der Waals surface area contributed by atoms with Gasteiger partial charge in [0.15, 0.2) is 5.16 Å². The molecule has 1 N–H and O–H groups in total. The number of aromatic nitrogens is 2. The summed E-state index contributed by atoms with van der Waals surface area (Å²) in [6.07, 6.45) is 2.20. The lowest BCUT2D eigenvalue weighted by atomic mass is 10.2. The summed E-state index contributed by atoms with van der Waals surface area (Å²) in [5, 5.41) is 3.73. The third-order valence-electron chi connectivity index (χ3n) is 4.17. The number of ether oxygens (including phenoxy) is 1. The van der Waals surface area contributed by atoms with E-state index in [0.717, 1.165) is 35.9 Å². The summed E-state index contributed by atoms with van der Waals surface area (Å²) in [4.78, 5) is 28.5. The number of amides is 1. The number of hydrogen-bond acceptors (Lipinski definition) is 5. The molecule has 2 aromatic rings. The summed E-state index contributed by atoms with van der Waals surface area (Å²) < 4.78 is 7.13. The monoisotopic (exact) mass is 389 g/mol. The van der Waals surface area contributed by atoms with E-state index in [-0.39, 0.29) is 17.6 Å². The SMILES string of the molecule is CCCCn1c(SCC(=O)Nc2ccc(C(=O)OCC)cc2)nc(C)c1C. The first-order valence-corrected chi connectivity index (χ1v) is 10.2. The number of hydrogen-bond donors (Lipinski definition) is 1. The second-order valence-electron chi connectivity index (χ2n) is 6.21. The molecule has 7 heteroatoms. The molecule has 0 saturated heterocycles. The summed E-state index contributed by atoms with van der Waals surface area (Å²) in [5.74, 6) is -0.193. The van der Waals surface area contributed by atoms with Crippen LogP contribution in [0, 0.1) is 13.8 Å². The fourth-order valence-corrected chi connectivity index (χ4v) is 3.46. The fraction of sp³-hybridized carbons (Fsp3) is 0.450. The zero-order valence-electron chi connectivity index (χ0n) is 16.4. The van der Waals surface area contributed by atoms with Crippen molar-refractivity contribution in [1.82, 2.24) is 9.55 Å². The Bertz CT molecular complexity index is 785. The molecule has 1 aromatic heterocycles. The van der Waals surface area contributed by atoms with Gasteiger partial charge >= 0.3 is 5.97 Å². The summed E-state index contributed by atoms with van der Waals surface area (Å²) >= 11 is 1.44. The van der Waals surface area contributed by atoms with Crippen molar-refractivity contribution in [3.63, 3.8) is 0 Å². The van der Waals surface area contributed by atoms with Gasteiger partial charge in [-0.15, -0.1) is 0 Å². The highest BCUT2D eigenvalue weighted by molar-refractivity contribution is 7.99. The van der Waals surface area contributed by atoms with Gasteiger partial charge in [-0.25, -0.2) is 9.78 Å². The van der Waals surface area contributed by atoms with Crippen molar-refractivity contribution in [2.45, 2.75) is 52.2 Å². The molecule has 0 aliphatic carbocycles. The average molecular weight is 390 g/mol. The van der Waals surface area contributed by atoms with Crippen LogP contribution in [-0.2, 0) is 16.1 Å². The Balaban J connectivity index is 1.93. The minimum atomic E-state index is -0.365. The predicted molar refractivity (Wildman–Crippen MR) is 108 cm³/mol. The summed E-state index contributed by atoms with van der Waals surface area (Å²) in [5.41, 5.74) is 3.27. The van der Waals surface area contributed by atoms with Crippen LogP contribution in [0.1, 0.15) is 48.4 Å². The van der Waals surface area contributed by atoms with Crippen LogP contribution in [-0.4, -0.2) is 33.8 Å². The van der Waals surface area contributed by atoms with Gasteiger partial charge in [0.25, 0.3) is 0 Å². The predicted octanol–water partition coefficient (Wildman–Crippen LogP) is 4.21. The van der Waals surface area contributed by atoms with Crippen molar-refractivity contribution >= 4 is 29.3 Å². The molecular weight excluding hydrogens is 362 g/mol. The largest absolute Gasteiger partial charge is 0.462 e. The first-order valence-electron chi connectivity index (χ1n) is 9.19. The molecule has 0 radical (unpaired) electrons. The summed E-state index contributed by atoms with van der Waals surface area (Å²) in [7, 11) is 0. The Morgan fingerprint density at radius 1 is 1.19 bits per heavy atom. The first-order chi connectivity index (χ1) is 13.0. The lowest BCUT2D eigenvalue weighted by Crippen LogP contribution is -2.15. The molecule has 0 atom stereocenters. The standard InChI is InChI=1S/C20H27N3O3S/c1-5-7-12-23-15(4)14(3)21-20(23)27-13-18(24)22-17-10-8-16(9-11-17)19(25)26-6-2/h8-11H,5-7,12-13H2,1-4H3,(H,22,24). The van der Waals surface area contributed by atoms with Crippen LogP contribution < -0.4 is 5.32 Å². The van der Waals surface area contributed by atoms with E-state index in [0.29, 0.717) is 17.9 Å². The molecule has 0 aliphatic heterocycles. The first kappa shape index (κ1) is 21.0. The Morgan fingerprint density at radius 2 is 1.89 bits per heavy atom. The van der Waals surface area contributed by atoms with Crippen LogP contribution in [0.25, 0.3) is 0 Å². The van der Waals surface area contributed by atoms with Crippen molar-refractivity contribution in [2.75, 3.05) is 17.7 Å². The Hall–Kier alpha value is -2.28. The number of rotatable bonds is 9. The number of carbonyl (C=O) groups is 2. The van der Waals surface area contributed by atoms with Crippen LogP contribution in [0.15, 0.2) is 29.4 Å². The second kappa shape index (κ2) is 10.2. The molecule has 0 spiro atoms. The van der Waals surface area contributed by atoms with Crippen LogP contribution in [0.2, 0.25) is 0 Å².